The topological polar surface area (TPSA) is 104 Å². The van der Waals surface area contributed by atoms with Gasteiger partial charge in [-0.2, -0.15) is 0 Å². The molecule has 1 aliphatic rings. The Morgan fingerprint density at radius 1 is 1.27 bits per heavy atom. The van der Waals surface area contributed by atoms with Gasteiger partial charge in [0, 0.05) is 11.0 Å². The molecule has 2 unspecified atom stereocenters. The summed E-state index contributed by atoms with van der Waals surface area (Å²) in [4.78, 5) is 37.2. The molecule has 26 heavy (non-hydrogen) atoms. The fourth-order valence-corrected chi connectivity index (χ4v) is 3.50. The Morgan fingerprint density at radius 3 is 2.38 bits per heavy atom. The van der Waals surface area contributed by atoms with Crippen LogP contribution in [0.25, 0.3) is 0 Å². The second-order valence-electron chi connectivity index (χ2n) is 7.52. The predicted molar refractivity (Wildman–Crippen MR) is 96.9 cm³/mol. The normalized spacial score (nSPS) is 22.9. The van der Waals surface area contributed by atoms with E-state index in [1.54, 1.807) is 39.0 Å². The Morgan fingerprint density at radius 2 is 1.88 bits per heavy atom. The molecule has 0 spiro atoms. The molecule has 1 heterocycles. The summed E-state index contributed by atoms with van der Waals surface area (Å²) in [6, 6.07) is 5.91. The van der Waals surface area contributed by atoms with Gasteiger partial charge in [0.15, 0.2) is 0 Å². The molecular weight excluding hydrogens is 406 g/mol. The van der Waals surface area contributed by atoms with Crippen LogP contribution >= 0.6 is 15.9 Å². The number of benzene rings is 1. The van der Waals surface area contributed by atoms with E-state index >= 15 is 0 Å². The summed E-state index contributed by atoms with van der Waals surface area (Å²) in [5.74, 6) is -2.38. The Kier molecular flexibility index (Phi) is 5.65. The van der Waals surface area contributed by atoms with Crippen LogP contribution in [0.15, 0.2) is 28.7 Å². The second-order valence-corrected chi connectivity index (χ2v) is 8.37. The first kappa shape index (κ1) is 20.2. The van der Waals surface area contributed by atoms with Crippen molar-refractivity contribution >= 4 is 34.0 Å². The molecule has 1 saturated heterocycles. The van der Waals surface area contributed by atoms with E-state index < -0.39 is 35.1 Å². The molecular formula is C18H22BrNO6. The van der Waals surface area contributed by atoms with Gasteiger partial charge in [-0.3, -0.25) is 9.69 Å². The quantitative estimate of drug-likeness (QED) is 0.764. The van der Waals surface area contributed by atoms with E-state index in [-0.39, 0.29) is 19.4 Å². The highest BCUT2D eigenvalue weighted by molar-refractivity contribution is 9.10. The molecule has 1 amide bonds. The fourth-order valence-electron chi connectivity index (χ4n) is 3.08. The van der Waals surface area contributed by atoms with Gasteiger partial charge in [0.05, 0.1) is 5.41 Å². The van der Waals surface area contributed by atoms with Crippen molar-refractivity contribution in [1.29, 1.82) is 0 Å². The Hall–Kier alpha value is -2.09. The minimum Gasteiger partial charge on any atom is -0.481 e. The first-order valence-electron chi connectivity index (χ1n) is 8.14. The van der Waals surface area contributed by atoms with Gasteiger partial charge in [-0.25, -0.2) is 9.59 Å². The van der Waals surface area contributed by atoms with E-state index in [2.05, 4.69) is 15.9 Å². The summed E-state index contributed by atoms with van der Waals surface area (Å²) in [6.45, 7) is 4.78. The lowest BCUT2D eigenvalue weighted by Crippen LogP contribution is -2.44. The van der Waals surface area contributed by atoms with E-state index in [1.165, 1.54) is 0 Å². The Balaban J connectivity index is 2.36. The maximum atomic E-state index is 12.4. The van der Waals surface area contributed by atoms with Crippen LogP contribution in [0.3, 0.4) is 0 Å². The van der Waals surface area contributed by atoms with Crippen molar-refractivity contribution in [3.63, 3.8) is 0 Å². The van der Waals surface area contributed by atoms with E-state index in [1.807, 2.05) is 6.07 Å². The first-order valence-corrected chi connectivity index (χ1v) is 8.94. The van der Waals surface area contributed by atoms with Crippen LogP contribution in [-0.2, 0) is 20.7 Å². The first-order chi connectivity index (χ1) is 11.9. The van der Waals surface area contributed by atoms with Crippen LogP contribution < -0.4 is 0 Å². The monoisotopic (exact) mass is 427 g/mol. The van der Waals surface area contributed by atoms with Gasteiger partial charge in [-0.05, 0) is 45.2 Å². The zero-order valence-electron chi connectivity index (χ0n) is 14.9. The minimum absolute atomic E-state index is 0.104. The van der Waals surface area contributed by atoms with Crippen molar-refractivity contribution in [2.75, 3.05) is 6.54 Å². The molecule has 1 fully saturated rings. The smallest absolute Gasteiger partial charge is 0.411 e. The number of likely N-dealkylation sites (tertiary alicyclic amines) is 1. The lowest BCUT2D eigenvalue weighted by Gasteiger charge is -2.28. The maximum Gasteiger partial charge on any atom is 0.411 e. The summed E-state index contributed by atoms with van der Waals surface area (Å²) in [6.07, 6.45) is -0.898. The number of hydrogen-bond acceptors (Lipinski definition) is 4. The van der Waals surface area contributed by atoms with Gasteiger partial charge in [-0.15, -0.1) is 0 Å². The number of carbonyl (C=O) groups excluding carboxylic acids is 1. The molecule has 142 valence electrons. The number of amides is 1. The number of hydrogen-bond donors (Lipinski definition) is 2. The van der Waals surface area contributed by atoms with Crippen LogP contribution in [0.5, 0.6) is 0 Å². The van der Waals surface area contributed by atoms with Crippen molar-refractivity contribution in [3.8, 4) is 0 Å². The molecule has 0 radical (unpaired) electrons. The molecule has 0 aliphatic carbocycles. The summed E-state index contributed by atoms with van der Waals surface area (Å²) in [5, 5.41) is 19.4. The zero-order chi connectivity index (χ0) is 19.7. The molecule has 2 N–H and O–H groups in total. The highest BCUT2D eigenvalue weighted by atomic mass is 79.9. The lowest BCUT2D eigenvalue weighted by molar-refractivity contribution is -0.148. The average Bonchev–Trinajstić information content (AvgIpc) is 2.89. The summed E-state index contributed by atoms with van der Waals surface area (Å²) in [5.41, 5.74) is -1.47. The summed E-state index contributed by atoms with van der Waals surface area (Å²) < 4.78 is 6.01. The van der Waals surface area contributed by atoms with Gasteiger partial charge in [0.2, 0.25) is 0 Å². The van der Waals surface area contributed by atoms with Crippen LogP contribution in [0.2, 0.25) is 0 Å². The van der Waals surface area contributed by atoms with Crippen LogP contribution in [0.1, 0.15) is 32.8 Å². The third kappa shape index (κ3) is 4.35. The largest absolute Gasteiger partial charge is 0.481 e. The number of nitrogens with zero attached hydrogens (tertiary/aromatic N) is 1. The van der Waals surface area contributed by atoms with Crippen molar-refractivity contribution in [1.82, 2.24) is 4.90 Å². The number of carboxylic acid groups (broad SMARTS) is 2. The molecule has 1 aromatic rings. The number of aliphatic carboxylic acids is 2. The Labute approximate surface area is 160 Å². The molecule has 0 aromatic heterocycles. The van der Waals surface area contributed by atoms with Gasteiger partial charge in [-0.1, -0.05) is 34.1 Å². The van der Waals surface area contributed by atoms with E-state index in [4.69, 9.17) is 4.74 Å². The van der Waals surface area contributed by atoms with Crippen LogP contribution in [0, 0.1) is 5.41 Å². The predicted octanol–water partition coefficient (Wildman–Crippen LogP) is 3.16. The average molecular weight is 428 g/mol. The third-order valence-electron chi connectivity index (χ3n) is 4.29. The third-order valence-corrected chi connectivity index (χ3v) is 5.06. The number of carboxylic acids is 2. The van der Waals surface area contributed by atoms with Crippen molar-refractivity contribution in [2.45, 2.75) is 45.3 Å². The standard InChI is InChI=1S/C18H22BrNO6/c1-17(2,3)26-16(25)20-10-18(15(23)24,9-13(20)14(21)22)8-11-6-4-5-7-12(11)19/h4-7,13H,8-10H2,1-3H3,(H,21,22)(H,23,24). The fraction of sp³-hybridized carbons (Fsp3) is 0.500. The van der Waals surface area contributed by atoms with Crippen LogP contribution in [0.4, 0.5) is 4.79 Å². The number of ether oxygens (including phenoxy) is 1. The molecule has 0 bridgehead atoms. The molecule has 0 saturated carbocycles. The number of rotatable bonds is 4. The number of halogens is 1. The van der Waals surface area contributed by atoms with Crippen molar-refractivity contribution < 1.29 is 29.3 Å². The minimum atomic E-state index is -1.40. The molecule has 7 nitrogen and oxygen atoms in total. The van der Waals surface area contributed by atoms with Gasteiger partial charge >= 0.3 is 18.0 Å². The molecule has 1 aromatic carbocycles. The van der Waals surface area contributed by atoms with E-state index in [9.17, 15) is 24.6 Å². The Bertz CT molecular complexity index is 729. The van der Waals surface area contributed by atoms with Gasteiger partial charge in [0.1, 0.15) is 11.6 Å². The van der Waals surface area contributed by atoms with Crippen molar-refractivity contribution in [3.05, 3.63) is 34.3 Å². The molecule has 2 rings (SSSR count). The molecule has 2 atom stereocenters. The van der Waals surface area contributed by atoms with E-state index in [0.717, 1.165) is 14.9 Å². The van der Waals surface area contributed by atoms with Crippen molar-refractivity contribution in [2.24, 2.45) is 5.41 Å². The summed E-state index contributed by atoms with van der Waals surface area (Å²) in [7, 11) is 0. The van der Waals surface area contributed by atoms with Crippen LogP contribution in [-0.4, -0.2) is 51.3 Å². The van der Waals surface area contributed by atoms with Gasteiger partial charge < -0.3 is 14.9 Å². The molecule has 8 heteroatoms. The van der Waals surface area contributed by atoms with Gasteiger partial charge in [0.25, 0.3) is 0 Å². The summed E-state index contributed by atoms with van der Waals surface area (Å²) >= 11 is 3.39. The second kappa shape index (κ2) is 7.26. The highest BCUT2D eigenvalue weighted by Gasteiger charge is 2.54. The lowest BCUT2D eigenvalue weighted by atomic mass is 9.79. The van der Waals surface area contributed by atoms with E-state index in [0.29, 0.717) is 0 Å². The SMILES string of the molecule is CC(C)(C)OC(=O)N1CC(Cc2ccccc2Br)(C(=O)O)CC1C(=O)O. The maximum absolute atomic E-state index is 12.4. The number of carbonyl (C=O) groups is 3. The zero-order valence-corrected chi connectivity index (χ0v) is 16.4. The highest BCUT2D eigenvalue weighted by Crippen LogP contribution is 2.40. The molecule has 1 aliphatic heterocycles.